The number of amides is 1. The van der Waals surface area contributed by atoms with Gasteiger partial charge < -0.3 is 4.74 Å². The number of carbonyl (C=O) groups excluding carboxylic acids is 2. The Morgan fingerprint density at radius 1 is 1.50 bits per heavy atom. The van der Waals surface area contributed by atoms with Gasteiger partial charge in [0, 0.05) is 0 Å². The van der Waals surface area contributed by atoms with Gasteiger partial charge in [-0.1, -0.05) is 0 Å². The summed E-state index contributed by atoms with van der Waals surface area (Å²) in [6.07, 6.45) is 1.68. The van der Waals surface area contributed by atoms with Crippen molar-refractivity contribution in [2.45, 2.75) is 4.90 Å². The van der Waals surface area contributed by atoms with Crippen LogP contribution in [0.5, 0.6) is 0 Å². The van der Waals surface area contributed by atoms with E-state index in [0.717, 1.165) is 18.4 Å². The van der Waals surface area contributed by atoms with E-state index in [1.807, 2.05) is 4.72 Å². The monoisotopic (exact) mass is 309 g/mol. The molecule has 0 atom stereocenters. The second kappa shape index (κ2) is 6.21. The maximum Gasteiger partial charge on any atom is 0.349 e. The SMILES string of the molecule is COC(=O)c1sccc1S(=O)(=O)NC(=O)CSC. The van der Waals surface area contributed by atoms with Crippen LogP contribution in [0.2, 0.25) is 0 Å². The summed E-state index contributed by atoms with van der Waals surface area (Å²) in [5.41, 5.74) is 0. The van der Waals surface area contributed by atoms with Gasteiger partial charge >= 0.3 is 5.97 Å². The molecule has 1 N–H and O–H groups in total. The predicted octanol–water partition coefficient (Wildman–Crippen LogP) is 0.703. The van der Waals surface area contributed by atoms with Crippen LogP contribution in [0.25, 0.3) is 0 Å². The third-order valence-corrected chi connectivity index (χ3v) is 4.80. The molecule has 100 valence electrons. The first kappa shape index (κ1) is 15.0. The van der Waals surface area contributed by atoms with Crippen molar-refractivity contribution in [3.63, 3.8) is 0 Å². The van der Waals surface area contributed by atoms with Crippen molar-refractivity contribution in [2.75, 3.05) is 19.1 Å². The maximum absolute atomic E-state index is 11.9. The van der Waals surface area contributed by atoms with E-state index in [0.29, 0.717) is 0 Å². The molecule has 0 bridgehead atoms. The molecule has 0 saturated heterocycles. The summed E-state index contributed by atoms with van der Waals surface area (Å²) >= 11 is 2.14. The van der Waals surface area contributed by atoms with Crippen LogP contribution >= 0.6 is 23.1 Å². The van der Waals surface area contributed by atoms with Gasteiger partial charge in [-0.2, -0.15) is 11.8 Å². The van der Waals surface area contributed by atoms with Gasteiger partial charge in [-0.3, -0.25) is 4.79 Å². The molecule has 6 nitrogen and oxygen atoms in total. The molecule has 0 spiro atoms. The number of hydrogen-bond acceptors (Lipinski definition) is 7. The molecule has 18 heavy (non-hydrogen) atoms. The van der Waals surface area contributed by atoms with Crippen molar-refractivity contribution in [2.24, 2.45) is 0 Å². The fourth-order valence-electron chi connectivity index (χ4n) is 1.12. The van der Waals surface area contributed by atoms with Crippen molar-refractivity contribution in [3.05, 3.63) is 16.3 Å². The lowest BCUT2D eigenvalue weighted by molar-refractivity contribution is -0.116. The van der Waals surface area contributed by atoms with Gasteiger partial charge in [-0.25, -0.2) is 17.9 Å². The number of thioether (sulfide) groups is 1. The maximum atomic E-state index is 11.9. The molecule has 0 unspecified atom stereocenters. The first-order valence-corrected chi connectivity index (χ1v) is 8.38. The summed E-state index contributed by atoms with van der Waals surface area (Å²) in [7, 11) is -2.87. The zero-order valence-corrected chi connectivity index (χ0v) is 12.1. The largest absolute Gasteiger partial charge is 0.465 e. The van der Waals surface area contributed by atoms with Crippen molar-refractivity contribution in [3.8, 4) is 0 Å². The Morgan fingerprint density at radius 2 is 2.17 bits per heavy atom. The first-order chi connectivity index (χ1) is 8.42. The van der Waals surface area contributed by atoms with Gasteiger partial charge in [0.1, 0.15) is 9.77 Å². The van der Waals surface area contributed by atoms with E-state index in [9.17, 15) is 18.0 Å². The Labute approximate surface area is 113 Å². The van der Waals surface area contributed by atoms with Crippen LogP contribution < -0.4 is 4.72 Å². The Morgan fingerprint density at radius 3 is 2.72 bits per heavy atom. The molecule has 1 aromatic heterocycles. The fourth-order valence-corrected chi connectivity index (χ4v) is 3.86. The highest BCUT2D eigenvalue weighted by molar-refractivity contribution is 7.99. The standard InChI is InChI=1S/C9H11NO5S3/c1-15-9(12)8-6(3-4-17-8)18(13,14)10-7(11)5-16-2/h3-4H,5H2,1-2H3,(H,10,11). The molecule has 1 heterocycles. The quantitative estimate of drug-likeness (QED) is 0.805. The summed E-state index contributed by atoms with van der Waals surface area (Å²) < 4.78 is 30.1. The lowest BCUT2D eigenvalue weighted by Gasteiger charge is -2.06. The molecule has 0 aromatic carbocycles. The topological polar surface area (TPSA) is 89.5 Å². The smallest absolute Gasteiger partial charge is 0.349 e. The van der Waals surface area contributed by atoms with Crippen molar-refractivity contribution in [1.29, 1.82) is 0 Å². The minimum atomic E-state index is -4.03. The van der Waals surface area contributed by atoms with Gasteiger partial charge in [0.25, 0.3) is 10.0 Å². The lowest BCUT2D eigenvalue weighted by atomic mass is 10.5. The molecule has 1 amide bonds. The highest BCUT2D eigenvalue weighted by atomic mass is 32.2. The van der Waals surface area contributed by atoms with Crippen LogP contribution in [-0.4, -0.2) is 39.4 Å². The van der Waals surface area contributed by atoms with E-state index in [-0.39, 0.29) is 15.5 Å². The Kier molecular flexibility index (Phi) is 5.17. The molecule has 9 heteroatoms. The van der Waals surface area contributed by atoms with Crippen LogP contribution in [0.15, 0.2) is 16.3 Å². The highest BCUT2D eigenvalue weighted by Crippen LogP contribution is 2.22. The number of rotatable bonds is 5. The second-order valence-corrected chi connectivity index (χ2v) is 6.50. The van der Waals surface area contributed by atoms with E-state index in [2.05, 4.69) is 4.74 Å². The van der Waals surface area contributed by atoms with Crippen molar-refractivity contribution >= 4 is 45.0 Å². The number of esters is 1. The van der Waals surface area contributed by atoms with E-state index in [1.54, 1.807) is 6.26 Å². The van der Waals surface area contributed by atoms with E-state index in [4.69, 9.17) is 0 Å². The fraction of sp³-hybridized carbons (Fsp3) is 0.333. The van der Waals surface area contributed by atoms with Gasteiger partial charge in [-0.15, -0.1) is 11.3 Å². The number of thiophene rings is 1. The summed E-state index contributed by atoms with van der Waals surface area (Å²) in [4.78, 5) is 22.3. The highest BCUT2D eigenvalue weighted by Gasteiger charge is 2.26. The third kappa shape index (κ3) is 3.47. The van der Waals surface area contributed by atoms with Crippen LogP contribution in [0.1, 0.15) is 9.67 Å². The average molecular weight is 309 g/mol. The minimum absolute atomic E-state index is 0.0247. The molecule has 0 aliphatic carbocycles. The number of hydrogen-bond donors (Lipinski definition) is 1. The van der Waals surface area contributed by atoms with E-state index < -0.39 is 21.9 Å². The lowest BCUT2D eigenvalue weighted by Crippen LogP contribution is -2.32. The Hall–Kier alpha value is -1.06. The first-order valence-electron chi connectivity index (χ1n) is 4.62. The molecular formula is C9H11NO5S3. The van der Waals surface area contributed by atoms with Crippen LogP contribution in [0.3, 0.4) is 0 Å². The van der Waals surface area contributed by atoms with E-state index in [1.165, 1.54) is 23.2 Å². The average Bonchev–Trinajstić information content (AvgIpc) is 2.77. The number of carbonyl (C=O) groups is 2. The molecule has 0 fully saturated rings. The van der Waals surface area contributed by atoms with Gasteiger partial charge in [0.15, 0.2) is 0 Å². The summed E-state index contributed by atoms with van der Waals surface area (Å²) in [5, 5.41) is 1.44. The van der Waals surface area contributed by atoms with Crippen LogP contribution in [-0.2, 0) is 19.6 Å². The number of methoxy groups -OCH3 is 1. The number of nitrogens with one attached hydrogen (secondary N) is 1. The normalized spacial score (nSPS) is 11.0. The van der Waals surface area contributed by atoms with Crippen LogP contribution in [0, 0.1) is 0 Å². The predicted molar refractivity (Wildman–Crippen MR) is 69.4 cm³/mol. The zero-order valence-electron chi connectivity index (χ0n) is 9.63. The Balaban J connectivity index is 3.03. The van der Waals surface area contributed by atoms with Crippen molar-refractivity contribution < 1.29 is 22.7 Å². The van der Waals surface area contributed by atoms with Gasteiger partial charge in [-0.05, 0) is 17.7 Å². The van der Waals surface area contributed by atoms with Crippen LogP contribution in [0.4, 0.5) is 0 Å². The minimum Gasteiger partial charge on any atom is -0.465 e. The molecule has 0 saturated carbocycles. The van der Waals surface area contributed by atoms with Gasteiger partial charge in [0.2, 0.25) is 5.91 Å². The molecule has 0 aliphatic rings. The zero-order chi connectivity index (χ0) is 13.8. The van der Waals surface area contributed by atoms with E-state index >= 15 is 0 Å². The molecule has 1 aromatic rings. The molecule has 1 rings (SSSR count). The third-order valence-electron chi connectivity index (χ3n) is 1.81. The number of sulfonamides is 1. The molecule has 0 aliphatic heterocycles. The second-order valence-electron chi connectivity index (χ2n) is 3.07. The summed E-state index contributed by atoms with van der Waals surface area (Å²) in [5.74, 6) is -1.36. The molecular weight excluding hydrogens is 298 g/mol. The summed E-state index contributed by atoms with van der Waals surface area (Å²) in [6.45, 7) is 0. The Bertz CT molecular complexity index is 548. The summed E-state index contributed by atoms with van der Waals surface area (Å²) in [6, 6.07) is 1.26. The van der Waals surface area contributed by atoms with Crippen molar-refractivity contribution in [1.82, 2.24) is 4.72 Å². The molecule has 0 radical (unpaired) electrons. The van der Waals surface area contributed by atoms with Gasteiger partial charge in [0.05, 0.1) is 12.9 Å². The number of ether oxygens (including phenoxy) is 1.